The van der Waals surface area contributed by atoms with Crippen molar-refractivity contribution >= 4 is 26.7 Å². The highest BCUT2D eigenvalue weighted by Crippen LogP contribution is 2.31. The molecule has 0 aliphatic heterocycles. The van der Waals surface area contributed by atoms with E-state index in [9.17, 15) is 4.39 Å². The van der Waals surface area contributed by atoms with Gasteiger partial charge in [0.05, 0.1) is 0 Å². The number of hydrogen-bond acceptors (Lipinski definition) is 3. The highest BCUT2D eigenvalue weighted by Gasteiger charge is 2.09. The Morgan fingerprint density at radius 1 is 1.14 bits per heavy atom. The Morgan fingerprint density at radius 3 is 2.62 bits per heavy atom. The molecule has 0 amide bonds. The van der Waals surface area contributed by atoms with E-state index in [1.165, 1.54) is 12.1 Å². The average Bonchev–Trinajstić information content (AvgIpc) is 2.46. The van der Waals surface area contributed by atoms with Gasteiger partial charge in [-0.1, -0.05) is 34.1 Å². The molecule has 0 radical (unpaired) electrons. The normalized spacial score (nSPS) is 10.8. The first kappa shape index (κ1) is 14.0. The molecule has 1 aromatic heterocycles. The van der Waals surface area contributed by atoms with Gasteiger partial charge in [-0.25, -0.2) is 9.37 Å². The van der Waals surface area contributed by atoms with E-state index < -0.39 is 0 Å². The first-order valence-corrected chi connectivity index (χ1v) is 7.17. The van der Waals surface area contributed by atoms with Crippen LogP contribution in [0, 0.1) is 5.82 Å². The van der Waals surface area contributed by atoms with E-state index in [4.69, 9.17) is 10.5 Å². The second kappa shape index (κ2) is 5.79. The maximum Gasteiger partial charge on any atom is 0.227 e. The Morgan fingerprint density at radius 2 is 1.90 bits per heavy atom. The van der Waals surface area contributed by atoms with Gasteiger partial charge in [0.1, 0.15) is 11.6 Å². The molecule has 0 saturated heterocycles. The number of nitrogens with two attached hydrogens (primary N) is 1. The first-order valence-electron chi connectivity index (χ1n) is 6.38. The lowest BCUT2D eigenvalue weighted by Crippen LogP contribution is -2.00. The van der Waals surface area contributed by atoms with E-state index >= 15 is 0 Å². The van der Waals surface area contributed by atoms with Crippen LogP contribution in [0.4, 0.5) is 4.39 Å². The summed E-state index contributed by atoms with van der Waals surface area (Å²) in [7, 11) is 0. The van der Waals surface area contributed by atoms with E-state index in [0.717, 1.165) is 16.3 Å². The second-order valence-corrected chi connectivity index (χ2v) is 5.46. The number of halogens is 2. The summed E-state index contributed by atoms with van der Waals surface area (Å²) in [4.78, 5) is 4.29. The minimum absolute atomic E-state index is 0.373. The predicted molar refractivity (Wildman–Crippen MR) is 83.8 cm³/mol. The van der Waals surface area contributed by atoms with E-state index in [2.05, 4.69) is 20.9 Å². The van der Waals surface area contributed by atoms with Crippen molar-refractivity contribution in [3.05, 3.63) is 64.5 Å². The molecule has 3 aromatic rings. The minimum Gasteiger partial charge on any atom is -0.438 e. The summed E-state index contributed by atoms with van der Waals surface area (Å²) in [5.41, 5.74) is 6.66. The van der Waals surface area contributed by atoms with Crippen LogP contribution in [0.1, 0.15) is 5.56 Å². The summed E-state index contributed by atoms with van der Waals surface area (Å²) in [5, 5.41) is 1.83. The van der Waals surface area contributed by atoms with Crippen molar-refractivity contribution in [2.24, 2.45) is 5.73 Å². The number of aromatic nitrogens is 1. The van der Waals surface area contributed by atoms with Crippen LogP contribution in [0.2, 0.25) is 0 Å². The highest BCUT2D eigenvalue weighted by molar-refractivity contribution is 9.10. The lowest BCUT2D eigenvalue weighted by atomic mass is 10.1. The summed E-state index contributed by atoms with van der Waals surface area (Å²) in [6.07, 6.45) is 1.69. The summed E-state index contributed by atoms with van der Waals surface area (Å²) >= 11 is 3.24. The number of nitrogens with zero attached hydrogens (tertiary/aromatic N) is 1. The lowest BCUT2D eigenvalue weighted by Gasteiger charge is -2.10. The second-order valence-electron chi connectivity index (χ2n) is 4.55. The highest BCUT2D eigenvalue weighted by atomic mass is 79.9. The molecule has 3 rings (SSSR count). The maximum atomic E-state index is 13.4. The molecular weight excluding hydrogens is 335 g/mol. The van der Waals surface area contributed by atoms with Gasteiger partial charge in [0.15, 0.2) is 0 Å². The monoisotopic (exact) mass is 346 g/mol. The van der Waals surface area contributed by atoms with Crippen molar-refractivity contribution in [1.82, 2.24) is 4.98 Å². The van der Waals surface area contributed by atoms with Crippen LogP contribution in [0.15, 0.2) is 53.1 Å². The van der Waals surface area contributed by atoms with Crippen molar-refractivity contribution in [3.63, 3.8) is 0 Å². The van der Waals surface area contributed by atoms with Gasteiger partial charge in [-0.3, -0.25) is 0 Å². The fourth-order valence-corrected chi connectivity index (χ4v) is 2.61. The number of ether oxygens (including phenoxy) is 1. The zero-order valence-electron chi connectivity index (χ0n) is 11.0. The van der Waals surface area contributed by atoms with Crippen molar-refractivity contribution in [3.8, 4) is 11.6 Å². The Labute approximate surface area is 129 Å². The van der Waals surface area contributed by atoms with Crippen molar-refractivity contribution in [1.29, 1.82) is 0 Å². The number of hydrogen-bond donors (Lipinski definition) is 1. The Bertz CT molecular complexity index is 787. The third-order valence-corrected chi connectivity index (χ3v) is 3.57. The molecule has 106 valence electrons. The van der Waals surface area contributed by atoms with Gasteiger partial charge in [-0.15, -0.1) is 0 Å². The van der Waals surface area contributed by atoms with E-state index in [1.807, 2.05) is 24.3 Å². The molecule has 0 atom stereocenters. The van der Waals surface area contributed by atoms with Crippen LogP contribution in [-0.2, 0) is 6.54 Å². The fraction of sp³-hybridized carbons (Fsp3) is 0.0625. The van der Waals surface area contributed by atoms with E-state index in [1.54, 1.807) is 12.3 Å². The van der Waals surface area contributed by atoms with Gasteiger partial charge in [0.25, 0.3) is 0 Å². The Balaban J connectivity index is 2.09. The molecule has 5 heteroatoms. The molecule has 0 unspecified atom stereocenters. The number of pyridine rings is 1. The summed E-state index contributed by atoms with van der Waals surface area (Å²) in [5.74, 6) is 0.447. The Hall–Kier alpha value is -1.98. The topological polar surface area (TPSA) is 48.1 Å². The standard InChI is InChI=1S/C16H12BrFN2O/c17-11-5-12(18)7-13(6-11)21-16-15-4-2-1-3-14(15)10(8-19)9-20-16/h1-7,9H,8,19H2. The molecule has 3 nitrogen and oxygen atoms in total. The summed E-state index contributed by atoms with van der Waals surface area (Å²) in [6.45, 7) is 0.402. The van der Waals surface area contributed by atoms with Crippen LogP contribution in [0.5, 0.6) is 11.6 Å². The zero-order chi connectivity index (χ0) is 14.8. The minimum atomic E-state index is -0.373. The lowest BCUT2D eigenvalue weighted by molar-refractivity contribution is 0.463. The quantitative estimate of drug-likeness (QED) is 0.765. The average molecular weight is 347 g/mol. The van der Waals surface area contributed by atoms with Gasteiger partial charge >= 0.3 is 0 Å². The van der Waals surface area contributed by atoms with E-state index in [-0.39, 0.29) is 5.82 Å². The zero-order valence-corrected chi connectivity index (χ0v) is 12.6. The Kier molecular flexibility index (Phi) is 3.86. The third kappa shape index (κ3) is 2.89. The SMILES string of the molecule is NCc1cnc(Oc2cc(F)cc(Br)c2)c2ccccc12. The van der Waals surface area contributed by atoms with Crippen LogP contribution in [-0.4, -0.2) is 4.98 Å². The molecule has 0 spiro atoms. The van der Waals surface area contributed by atoms with Crippen molar-refractivity contribution in [2.75, 3.05) is 0 Å². The maximum absolute atomic E-state index is 13.4. The van der Waals surface area contributed by atoms with Crippen molar-refractivity contribution < 1.29 is 9.13 Å². The smallest absolute Gasteiger partial charge is 0.227 e. The molecule has 1 heterocycles. The van der Waals surface area contributed by atoms with Crippen LogP contribution < -0.4 is 10.5 Å². The van der Waals surface area contributed by atoms with Gasteiger partial charge in [0.2, 0.25) is 5.88 Å². The largest absolute Gasteiger partial charge is 0.438 e. The predicted octanol–water partition coefficient (Wildman–Crippen LogP) is 4.39. The molecule has 2 N–H and O–H groups in total. The van der Waals surface area contributed by atoms with E-state index in [0.29, 0.717) is 22.6 Å². The summed E-state index contributed by atoms with van der Waals surface area (Å²) < 4.78 is 19.8. The van der Waals surface area contributed by atoms with Crippen LogP contribution in [0.25, 0.3) is 10.8 Å². The molecule has 0 saturated carbocycles. The van der Waals surface area contributed by atoms with Gasteiger partial charge in [-0.2, -0.15) is 0 Å². The molecule has 0 aliphatic carbocycles. The molecule has 0 aliphatic rings. The van der Waals surface area contributed by atoms with Gasteiger partial charge in [-0.05, 0) is 29.1 Å². The molecule has 2 aromatic carbocycles. The third-order valence-electron chi connectivity index (χ3n) is 3.11. The molecule has 0 fully saturated rings. The van der Waals surface area contributed by atoms with Gasteiger partial charge in [0, 0.05) is 28.7 Å². The number of fused-ring (bicyclic) bond motifs is 1. The molecule has 21 heavy (non-hydrogen) atoms. The van der Waals surface area contributed by atoms with Crippen LogP contribution >= 0.6 is 15.9 Å². The number of benzene rings is 2. The summed E-state index contributed by atoms with van der Waals surface area (Å²) in [6, 6.07) is 12.1. The number of rotatable bonds is 3. The first-order chi connectivity index (χ1) is 10.2. The fourth-order valence-electron chi connectivity index (χ4n) is 2.17. The van der Waals surface area contributed by atoms with Gasteiger partial charge < -0.3 is 10.5 Å². The van der Waals surface area contributed by atoms with Crippen LogP contribution in [0.3, 0.4) is 0 Å². The molecular formula is C16H12BrFN2O. The van der Waals surface area contributed by atoms with Crippen molar-refractivity contribution in [2.45, 2.75) is 6.54 Å². The molecule has 0 bridgehead atoms.